The molecule has 0 atom stereocenters. The number of nitrogens with zero attached hydrogens (tertiary/aromatic N) is 2. The lowest BCUT2D eigenvalue weighted by Crippen LogP contribution is -2.52. The lowest BCUT2D eigenvalue weighted by Gasteiger charge is -2.38. The Bertz CT molecular complexity index is 856. The van der Waals surface area contributed by atoms with Crippen LogP contribution in [0.3, 0.4) is 0 Å². The molecule has 1 heterocycles. The zero-order chi connectivity index (χ0) is 19.6. The van der Waals surface area contributed by atoms with Crippen molar-refractivity contribution < 1.29 is 14.3 Å². The van der Waals surface area contributed by atoms with Gasteiger partial charge in [0.25, 0.3) is 0 Å². The first kappa shape index (κ1) is 18.3. The molecule has 1 aliphatic heterocycles. The SMILES string of the molecule is COc1ccccc1N1CCN(C(=O)C2(C(=O)Nc3ccccc3)CC2)CC1. The quantitative estimate of drug-likeness (QED) is 0.812. The number of carbonyl (C=O) groups excluding carboxylic acids is 2. The first-order chi connectivity index (χ1) is 13.6. The Morgan fingerprint density at radius 1 is 0.929 bits per heavy atom. The van der Waals surface area contributed by atoms with Gasteiger partial charge in [-0.3, -0.25) is 9.59 Å². The number of rotatable bonds is 5. The normalized spacial score (nSPS) is 17.8. The fraction of sp³-hybridized carbons (Fsp3) is 0.364. The van der Waals surface area contributed by atoms with E-state index in [1.54, 1.807) is 7.11 Å². The third-order valence-corrected chi connectivity index (χ3v) is 5.62. The molecule has 0 unspecified atom stereocenters. The first-order valence-electron chi connectivity index (χ1n) is 9.68. The van der Waals surface area contributed by atoms with E-state index in [1.807, 2.05) is 59.5 Å². The Kier molecular flexibility index (Phi) is 4.94. The van der Waals surface area contributed by atoms with E-state index in [-0.39, 0.29) is 11.8 Å². The fourth-order valence-corrected chi connectivity index (χ4v) is 3.78. The molecule has 0 radical (unpaired) electrons. The zero-order valence-electron chi connectivity index (χ0n) is 16.1. The fourth-order valence-electron chi connectivity index (χ4n) is 3.78. The lowest BCUT2D eigenvalue weighted by atomic mass is 10.0. The van der Waals surface area contributed by atoms with E-state index in [0.717, 1.165) is 30.2 Å². The van der Waals surface area contributed by atoms with Crippen LogP contribution in [-0.4, -0.2) is 50.0 Å². The number of carbonyl (C=O) groups is 2. The van der Waals surface area contributed by atoms with Gasteiger partial charge in [0.15, 0.2) is 0 Å². The number of hydrogen-bond acceptors (Lipinski definition) is 4. The molecule has 4 rings (SSSR count). The number of methoxy groups -OCH3 is 1. The van der Waals surface area contributed by atoms with Crippen molar-refractivity contribution in [3.8, 4) is 5.75 Å². The van der Waals surface area contributed by atoms with Gasteiger partial charge in [0.05, 0.1) is 12.8 Å². The molecule has 0 bridgehead atoms. The molecule has 1 saturated heterocycles. The van der Waals surface area contributed by atoms with Gasteiger partial charge in [-0.2, -0.15) is 0 Å². The summed E-state index contributed by atoms with van der Waals surface area (Å²) in [6.07, 6.45) is 1.24. The highest BCUT2D eigenvalue weighted by atomic mass is 16.5. The second kappa shape index (κ2) is 7.54. The van der Waals surface area contributed by atoms with Gasteiger partial charge in [-0.15, -0.1) is 0 Å². The van der Waals surface area contributed by atoms with Gasteiger partial charge in [-0.05, 0) is 37.1 Å². The minimum Gasteiger partial charge on any atom is -0.495 e. The van der Waals surface area contributed by atoms with Crippen molar-refractivity contribution in [2.45, 2.75) is 12.8 Å². The molecule has 0 aromatic heterocycles. The highest BCUT2D eigenvalue weighted by Gasteiger charge is 2.58. The Morgan fingerprint density at radius 2 is 1.57 bits per heavy atom. The van der Waals surface area contributed by atoms with Crippen molar-refractivity contribution >= 4 is 23.2 Å². The number of anilines is 2. The van der Waals surface area contributed by atoms with Crippen LogP contribution in [0.25, 0.3) is 0 Å². The van der Waals surface area contributed by atoms with Crippen molar-refractivity contribution in [1.29, 1.82) is 0 Å². The molecular formula is C22H25N3O3. The molecule has 1 N–H and O–H groups in total. The van der Waals surface area contributed by atoms with E-state index >= 15 is 0 Å². The minimum absolute atomic E-state index is 0.0411. The van der Waals surface area contributed by atoms with E-state index < -0.39 is 5.41 Å². The number of ether oxygens (including phenoxy) is 1. The standard InChI is InChI=1S/C22H25N3O3/c1-28-19-10-6-5-9-18(19)24-13-15-25(16-14-24)21(27)22(11-12-22)20(26)23-17-7-3-2-4-8-17/h2-10H,11-16H2,1H3,(H,23,26). The van der Waals surface area contributed by atoms with Crippen LogP contribution < -0.4 is 15.0 Å². The highest BCUT2D eigenvalue weighted by Crippen LogP contribution is 2.48. The predicted molar refractivity (Wildman–Crippen MR) is 109 cm³/mol. The van der Waals surface area contributed by atoms with Crippen LogP contribution in [0, 0.1) is 5.41 Å². The summed E-state index contributed by atoms with van der Waals surface area (Å²) in [5.41, 5.74) is 0.884. The molecule has 2 aromatic rings. The topological polar surface area (TPSA) is 61.9 Å². The van der Waals surface area contributed by atoms with Crippen molar-refractivity contribution in [2.75, 3.05) is 43.5 Å². The predicted octanol–water partition coefficient (Wildman–Crippen LogP) is 2.76. The first-order valence-corrected chi connectivity index (χ1v) is 9.68. The van der Waals surface area contributed by atoms with Gasteiger partial charge < -0.3 is 19.9 Å². The number of benzene rings is 2. The monoisotopic (exact) mass is 379 g/mol. The Labute approximate surface area is 165 Å². The number of para-hydroxylation sites is 3. The second-order valence-electron chi connectivity index (χ2n) is 7.35. The number of nitrogens with one attached hydrogen (secondary N) is 1. The molecule has 1 saturated carbocycles. The van der Waals surface area contributed by atoms with Crippen LogP contribution in [0.2, 0.25) is 0 Å². The highest BCUT2D eigenvalue weighted by molar-refractivity contribution is 6.13. The molecule has 2 aromatic carbocycles. The smallest absolute Gasteiger partial charge is 0.240 e. The van der Waals surface area contributed by atoms with Crippen molar-refractivity contribution in [3.05, 3.63) is 54.6 Å². The average molecular weight is 379 g/mol. The summed E-state index contributed by atoms with van der Waals surface area (Å²) >= 11 is 0. The van der Waals surface area contributed by atoms with Gasteiger partial charge in [0, 0.05) is 31.9 Å². The van der Waals surface area contributed by atoms with Crippen molar-refractivity contribution in [2.24, 2.45) is 5.41 Å². The zero-order valence-corrected chi connectivity index (χ0v) is 16.1. The third kappa shape index (κ3) is 3.42. The van der Waals surface area contributed by atoms with Gasteiger partial charge in [0.1, 0.15) is 11.2 Å². The van der Waals surface area contributed by atoms with Crippen LogP contribution in [0.4, 0.5) is 11.4 Å². The van der Waals surface area contributed by atoms with Crippen LogP contribution >= 0.6 is 0 Å². The van der Waals surface area contributed by atoms with Gasteiger partial charge in [-0.25, -0.2) is 0 Å². The average Bonchev–Trinajstić information content (AvgIpc) is 3.56. The number of amides is 2. The molecule has 6 nitrogen and oxygen atoms in total. The molecule has 28 heavy (non-hydrogen) atoms. The maximum Gasteiger partial charge on any atom is 0.240 e. The summed E-state index contributed by atoms with van der Waals surface area (Å²) in [5.74, 6) is 0.611. The van der Waals surface area contributed by atoms with Crippen molar-refractivity contribution in [3.63, 3.8) is 0 Å². The maximum atomic E-state index is 13.1. The summed E-state index contributed by atoms with van der Waals surface area (Å²) < 4.78 is 5.45. The van der Waals surface area contributed by atoms with E-state index in [0.29, 0.717) is 25.9 Å². The molecule has 6 heteroatoms. The molecule has 2 amide bonds. The lowest BCUT2D eigenvalue weighted by molar-refractivity contribution is -0.142. The van der Waals surface area contributed by atoms with Crippen LogP contribution in [0.1, 0.15) is 12.8 Å². The maximum absolute atomic E-state index is 13.1. The van der Waals surface area contributed by atoms with E-state index in [2.05, 4.69) is 10.2 Å². The van der Waals surface area contributed by atoms with E-state index in [1.165, 1.54) is 0 Å². The number of piperazine rings is 1. The summed E-state index contributed by atoms with van der Waals surface area (Å²) in [5, 5.41) is 2.90. The third-order valence-electron chi connectivity index (χ3n) is 5.62. The largest absolute Gasteiger partial charge is 0.495 e. The molecule has 146 valence electrons. The molecule has 0 spiro atoms. The summed E-state index contributed by atoms with van der Waals surface area (Å²) in [6, 6.07) is 17.2. The molecular weight excluding hydrogens is 354 g/mol. The van der Waals surface area contributed by atoms with E-state index in [4.69, 9.17) is 4.74 Å². The van der Waals surface area contributed by atoms with Crippen LogP contribution in [0.15, 0.2) is 54.6 Å². The Hall–Kier alpha value is -3.02. The van der Waals surface area contributed by atoms with Gasteiger partial charge in [-0.1, -0.05) is 30.3 Å². The van der Waals surface area contributed by atoms with Gasteiger partial charge in [0.2, 0.25) is 11.8 Å². The van der Waals surface area contributed by atoms with Crippen LogP contribution in [-0.2, 0) is 9.59 Å². The second-order valence-corrected chi connectivity index (χ2v) is 7.35. The molecule has 1 aliphatic carbocycles. The summed E-state index contributed by atoms with van der Waals surface area (Å²) in [7, 11) is 1.67. The molecule has 2 fully saturated rings. The Balaban J connectivity index is 1.39. The number of hydrogen-bond donors (Lipinski definition) is 1. The summed E-state index contributed by atoms with van der Waals surface area (Å²) in [4.78, 5) is 29.9. The van der Waals surface area contributed by atoms with Crippen LogP contribution in [0.5, 0.6) is 5.75 Å². The van der Waals surface area contributed by atoms with Crippen molar-refractivity contribution in [1.82, 2.24) is 4.90 Å². The summed E-state index contributed by atoms with van der Waals surface area (Å²) in [6.45, 7) is 2.67. The molecule has 2 aliphatic rings. The Morgan fingerprint density at radius 3 is 2.21 bits per heavy atom. The van der Waals surface area contributed by atoms with Gasteiger partial charge >= 0.3 is 0 Å². The van der Waals surface area contributed by atoms with E-state index in [9.17, 15) is 9.59 Å². The minimum atomic E-state index is -0.886.